The van der Waals surface area contributed by atoms with E-state index in [4.69, 9.17) is 0 Å². The highest BCUT2D eigenvalue weighted by Crippen LogP contribution is 2.66. The summed E-state index contributed by atoms with van der Waals surface area (Å²) in [7, 11) is 0. The Hall–Kier alpha value is -1.93. The van der Waals surface area contributed by atoms with Crippen molar-refractivity contribution in [2.24, 2.45) is 5.41 Å². The molecule has 4 nitrogen and oxygen atoms in total. The summed E-state index contributed by atoms with van der Waals surface area (Å²) in [6.45, 7) is 1.37. The molecule has 3 rings (SSSR count). The molecular formula is C15H15F5N2O2. The van der Waals surface area contributed by atoms with Crippen LogP contribution in [-0.2, 0) is 6.18 Å². The molecule has 2 fully saturated rings. The molecule has 0 aromatic carbocycles. The van der Waals surface area contributed by atoms with Gasteiger partial charge in [0, 0.05) is 31.1 Å². The highest BCUT2D eigenvalue weighted by molar-refractivity contribution is 5.95. The molecular weight excluding hydrogens is 335 g/mol. The Morgan fingerprint density at radius 3 is 2.25 bits per heavy atom. The third kappa shape index (κ3) is 2.50. The van der Waals surface area contributed by atoms with Crippen LogP contribution in [0.3, 0.4) is 0 Å². The number of piperidine rings is 1. The predicted molar refractivity (Wildman–Crippen MR) is 74.4 cm³/mol. The van der Waals surface area contributed by atoms with Crippen LogP contribution in [0.25, 0.3) is 0 Å². The van der Waals surface area contributed by atoms with Gasteiger partial charge in [-0.15, -0.1) is 0 Å². The molecule has 0 radical (unpaired) electrons. The van der Waals surface area contributed by atoms with Crippen molar-refractivity contribution in [3.8, 4) is 0 Å². The lowest BCUT2D eigenvalue weighted by Gasteiger charge is -2.34. The molecule has 1 aromatic rings. The molecule has 9 heteroatoms. The first-order chi connectivity index (χ1) is 11.0. The number of aromatic nitrogens is 1. The van der Waals surface area contributed by atoms with Gasteiger partial charge in [0.25, 0.3) is 5.92 Å². The Bertz CT molecular complexity index is 694. The van der Waals surface area contributed by atoms with Crippen LogP contribution >= 0.6 is 0 Å². The summed E-state index contributed by atoms with van der Waals surface area (Å²) in [5.74, 6) is -4.30. The van der Waals surface area contributed by atoms with Gasteiger partial charge >= 0.3 is 12.1 Å². The number of hydrogen-bond acceptors (Lipinski definition) is 3. The third-order valence-electron chi connectivity index (χ3n) is 5.07. The lowest BCUT2D eigenvalue weighted by atomic mass is 9.92. The molecule has 0 bridgehead atoms. The van der Waals surface area contributed by atoms with Gasteiger partial charge in [-0.2, -0.15) is 13.2 Å². The maximum absolute atomic E-state index is 13.4. The van der Waals surface area contributed by atoms with E-state index >= 15 is 0 Å². The van der Waals surface area contributed by atoms with Gasteiger partial charge in [0.05, 0.1) is 5.56 Å². The number of carbonyl (C=O) groups is 1. The second-order valence-corrected chi connectivity index (χ2v) is 6.45. The number of nitrogens with zero attached hydrogens (tertiary/aromatic N) is 2. The SMILES string of the molecule is Cc1c(C(F)(F)F)cnc(N2CCC3(CC2)CC3(F)F)c1C(=O)O. The van der Waals surface area contributed by atoms with E-state index in [1.54, 1.807) is 0 Å². The van der Waals surface area contributed by atoms with Crippen molar-refractivity contribution < 1.29 is 31.9 Å². The van der Waals surface area contributed by atoms with Crippen molar-refractivity contribution in [3.63, 3.8) is 0 Å². The molecule has 2 aliphatic rings. The maximum Gasteiger partial charge on any atom is 0.418 e. The van der Waals surface area contributed by atoms with Crippen molar-refractivity contribution in [2.75, 3.05) is 18.0 Å². The van der Waals surface area contributed by atoms with Gasteiger partial charge in [0.1, 0.15) is 11.4 Å². The standard InChI is InChI=1S/C15H15F5N2O2/c1-8-9(15(18,19)20)6-21-11(10(8)12(23)24)22-4-2-13(3-5-22)7-14(13,16)17/h6H,2-5,7H2,1H3,(H,23,24). The van der Waals surface area contributed by atoms with E-state index in [0.29, 0.717) is 6.20 Å². The van der Waals surface area contributed by atoms with Crippen LogP contribution in [0.1, 0.15) is 40.7 Å². The van der Waals surface area contributed by atoms with Gasteiger partial charge in [-0.25, -0.2) is 18.6 Å². The lowest BCUT2D eigenvalue weighted by molar-refractivity contribution is -0.138. The fraction of sp³-hybridized carbons (Fsp3) is 0.600. The molecule has 0 amide bonds. The predicted octanol–water partition coefficient (Wildman–Crippen LogP) is 3.73. The van der Waals surface area contributed by atoms with E-state index in [1.807, 2.05) is 0 Å². The van der Waals surface area contributed by atoms with Crippen LogP contribution in [0.4, 0.5) is 27.8 Å². The molecule has 2 heterocycles. The van der Waals surface area contributed by atoms with E-state index in [-0.39, 0.29) is 38.2 Å². The Kier molecular flexibility index (Phi) is 3.55. The summed E-state index contributed by atoms with van der Waals surface area (Å²) in [5, 5.41) is 9.31. The lowest BCUT2D eigenvalue weighted by Crippen LogP contribution is -2.38. The first kappa shape index (κ1) is 16.9. The molecule has 1 aromatic heterocycles. The summed E-state index contributed by atoms with van der Waals surface area (Å²) < 4.78 is 65.6. The molecule has 1 saturated heterocycles. The first-order valence-corrected chi connectivity index (χ1v) is 7.41. The van der Waals surface area contributed by atoms with E-state index in [9.17, 15) is 31.9 Å². The van der Waals surface area contributed by atoms with Gasteiger partial charge in [-0.1, -0.05) is 0 Å². The molecule has 132 valence electrons. The van der Waals surface area contributed by atoms with Crippen molar-refractivity contribution in [1.29, 1.82) is 0 Å². The summed E-state index contributed by atoms with van der Waals surface area (Å²) in [6, 6.07) is 0. The monoisotopic (exact) mass is 350 g/mol. The van der Waals surface area contributed by atoms with E-state index in [1.165, 1.54) is 4.90 Å². The normalized spacial score (nSPS) is 21.8. The van der Waals surface area contributed by atoms with Crippen LogP contribution in [0.5, 0.6) is 0 Å². The second kappa shape index (κ2) is 5.03. The minimum Gasteiger partial charge on any atom is -0.478 e. The average molecular weight is 350 g/mol. The average Bonchev–Trinajstić information content (AvgIpc) is 2.97. The third-order valence-corrected chi connectivity index (χ3v) is 5.07. The van der Waals surface area contributed by atoms with Crippen LogP contribution in [0.2, 0.25) is 0 Å². The van der Waals surface area contributed by atoms with Crippen molar-refractivity contribution >= 4 is 11.8 Å². The zero-order valence-corrected chi connectivity index (χ0v) is 12.8. The number of halogens is 5. The van der Waals surface area contributed by atoms with E-state index in [2.05, 4.69) is 4.98 Å². The van der Waals surface area contributed by atoms with E-state index < -0.39 is 40.2 Å². The van der Waals surface area contributed by atoms with Gasteiger partial charge in [-0.3, -0.25) is 0 Å². The Morgan fingerprint density at radius 1 is 1.29 bits per heavy atom. The minimum atomic E-state index is -4.71. The molecule has 1 spiro atoms. The van der Waals surface area contributed by atoms with Gasteiger partial charge in [0.15, 0.2) is 0 Å². The van der Waals surface area contributed by atoms with Gasteiger partial charge < -0.3 is 10.0 Å². The summed E-state index contributed by atoms with van der Waals surface area (Å²) in [6.07, 6.45) is -3.95. The van der Waals surface area contributed by atoms with Crippen LogP contribution in [0, 0.1) is 12.3 Å². The number of carboxylic acid groups (broad SMARTS) is 1. The Labute approximate surface area is 134 Å². The molecule has 1 aliphatic heterocycles. The molecule has 1 saturated carbocycles. The van der Waals surface area contributed by atoms with Crippen molar-refractivity contribution in [1.82, 2.24) is 4.98 Å². The zero-order chi connectivity index (χ0) is 17.9. The highest BCUT2D eigenvalue weighted by atomic mass is 19.4. The fourth-order valence-electron chi connectivity index (χ4n) is 3.44. The smallest absolute Gasteiger partial charge is 0.418 e. The molecule has 0 atom stereocenters. The topological polar surface area (TPSA) is 53.4 Å². The van der Waals surface area contributed by atoms with Crippen molar-refractivity contribution in [2.45, 2.75) is 38.3 Å². The summed E-state index contributed by atoms with van der Waals surface area (Å²) in [5.41, 5.74) is -3.08. The van der Waals surface area contributed by atoms with Gasteiger partial charge in [-0.05, 0) is 25.3 Å². The number of aromatic carboxylic acids is 1. The number of hydrogen-bond donors (Lipinski definition) is 1. The number of alkyl halides is 5. The van der Waals surface area contributed by atoms with Crippen molar-refractivity contribution in [3.05, 3.63) is 22.9 Å². The van der Waals surface area contributed by atoms with Gasteiger partial charge in [0.2, 0.25) is 0 Å². The molecule has 0 unspecified atom stereocenters. The number of anilines is 1. The maximum atomic E-state index is 13.4. The molecule has 24 heavy (non-hydrogen) atoms. The summed E-state index contributed by atoms with van der Waals surface area (Å²) >= 11 is 0. The Balaban J connectivity index is 1.92. The van der Waals surface area contributed by atoms with Crippen LogP contribution in [-0.4, -0.2) is 35.1 Å². The number of rotatable bonds is 2. The minimum absolute atomic E-state index is 0.0909. The second-order valence-electron chi connectivity index (χ2n) is 6.45. The fourth-order valence-corrected chi connectivity index (χ4v) is 3.44. The summed E-state index contributed by atoms with van der Waals surface area (Å²) in [4.78, 5) is 16.6. The molecule has 1 aliphatic carbocycles. The van der Waals surface area contributed by atoms with Crippen LogP contribution < -0.4 is 4.90 Å². The number of pyridine rings is 1. The van der Waals surface area contributed by atoms with E-state index in [0.717, 1.165) is 6.92 Å². The molecule has 1 N–H and O–H groups in total. The largest absolute Gasteiger partial charge is 0.478 e. The quantitative estimate of drug-likeness (QED) is 0.826. The first-order valence-electron chi connectivity index (χ1n) is 7.41. The highest BCUT2D eigenvalue weighted by Gasteiger charge is 2.70. The van der Waals surface area contributed by atoms with Crippen LogP contribution in [0.15, 0.2) is 6.20 Å². The zero-order valence-electron chi connectivity index (χ0n) is 12.8. The number of carboxylic acids is 1. The Morgan fingerprint density at radius 2 is 1.83 bits per heavy atom.